The highest BCUT2D eigenvalue weighted by atomic mass is 16.5. The molecule has 0 N–H and O–H groups in total. The molecule has 2 saturated heterocycles. The zero-order chi connectivity index (χ0) is 11.4. The van der Waals surface area contributed by atoms with Crippen LogP contribution in [0.1, 0.15) is 46.5 Å². The summed E-state index contributed by atoms with van der Waals surface area (Å²) in [4.78, 5) is 2.63. The molecule has 2 heteroatoms. The smallest absolute Gasteiger partial charge is 0.0937 e. The molecule has 0 aromatic carbocycles. The fraction of sp³-hybridized carbons (Fsp3) is 1.00. The molecule has 1 spiro atoms. The Kier molecular flexibility index (Phi) is 2.38. The van der Waals surface area contributed by atoms with Gasteiger partial charge in [0.25, 0.3) is 0 Å². The second kappa shape index (κ2) is 3.46. The lowest BCUT2D eigenvalue weighted by Crippen LogP contribution is -2.66. The molecule has 0 bridgehead atoms. The van der Waals surface area contributed by atoms with Crippen LogP contribution < -0.4 is 0 Å². The number of hydrogen-bond acceptors (Lipinski definition) is 2. The summed E-state index contributed by atoms with van der Waals surface area (Å²) in [5, 5.41) is 0. The molecular formula is C14H25NO. The van der Waals surface area contributed by atoms with Crippen LogP contribution >= 0.6 is 0 Å². The van der Waals surface area contributed by atoms with Gasteiger partial charge in [0, 0.05) is 25.7 Å². The van der Waals surface area contributed by atoms with Gasteiger partial charge in [0.1, 0.15) is 0 Å². The van der Waals surface area contributed by atoms with Gasteiger partial charge in [0.15, 0.2) is 0 Å². The van der Waals surface area contributed by atoms with E-state index in [1.165, 1.54) is 38.8 Å². The van der Waals surface area contributed by atoms with Crippen molar-refractivity contribution in [3.05, 3.63) is 0 Å². The Labute approximate surface area is 99.3 Å². The molecule has 3 aliphatic rings. The highest BCUT2D eigenvalue weighted by molar-refractivity contribution is 5.06. The Hall–Kier alpha value is -0.0800. The van der Waals surface area contributed by atoms with E-state index < -0.39 is 0 Å². The van der Waals surface area contributed by atoms with Gasteiger partial charge >= 0.3 is 0 Å². The topological polar surface area (TPSA) is 12.5 Å². The summed E-state index contributed by atoms with van der Waals surface area (Å²) in [5.41, 5.74) is 0.704. The predicted octanol–water partition coefficient (Wildman–Crippen LogP) is 2.68. The summed E-state index contributed by atoms with van der Waals surface area (Å²) < 4.78 is 6.09. The van der Waals surface area contributed by atoms with Crippen molar-refractivity contribution in [2.24, 2.45) is 11.3 Å². The quantitative estimate of drug-likeness (QED) is 0.677. The molecule has 1 aliphatic carbocycles. The summed E-state index contributed by atoms with van der Waals surface area (Å²) in [6.07, 6.45) is 5.41. The van der Waals surface area contributed by atoms with Gasteiger partial charge in [0.2, 0.25) is 0 Å². The van der Waals surface area contributed by atoms with Crippen molar-refractivity contribution < 1.29 is 4.74 Å². The predicted molar refractivity (Wildman–Crippen MR) is 65.5 cm³/mol. The molecule has 2 heterocycles. The van der Waals surface area contributed by atoms with E-state index in [0.29, 0.717) is 5.41 Å². The van der Waals surface area contributed by atoms with Crippen molar-refractivity contribution in [2.45, 2.75) is 58.1 Å². The second-order valence-electron chi connectivity index (χ2n) is 7.22. The van der Waals surface area contributed by atoms with E-state index in [9.17, 15) is 0 Å². The molecule has 1 atom stereocenters. The highest BCUT2D eigenvalue weighted by Crippen LogP contribution is 2.46. The average molecular weight is 223 g/mol. The van der Waals surface area contributed by atoms with Gasteiger partial charge in [-0.15, -0.1) is 0 Å². The zero-order valence-corrected chi connectivity index (χ0v) is 11.0. The Morgan fingerprint density at radius 3 is 2.38 bits per heavy atom. The highest BCUT2D eigenvalue weighted by Gasteiger charge is 2.52. The lowest BCUT2D eigenvalue weighted by atomic mass is 9.69. The molecule has 2 aliphatic heterocycles. The van der Waals surface area contributed by atoms with E-state index in [2.05, 4.69) is 25.7 Å². The van der Waals surface area contributed by atoms with Gasteiger partial charge in [-0.3, -0.25) is 4.90 Å². The molecule has 3 rings (SSSR count). The van der Waals surface area contributed by atoms with Gasteiger partial charge in [-0.2, -0.15) is 0 Å². The van der Waals surface area contributed by atoms with Crippen LogP contribution in [0.3, 0.4) is 0 Å². The van der Waals surface area contributed by atoms with Crippen LogP contribution in [0.5, 0.6) is 0 Å². The van der Waals surface area contributed by atoms with E-state index >= 15 is 0 Å². The van der Waals surface area contributed by atoms with Crippen molar-refractivity contribution in [1.82, 2.24) is 4.90 Å². The molecule has 0 aromatic heterocycles. The normalized spacial score (nSPS) is 35.1. The van der Waals surface area contributed by atoms with E-state index in [1.54, 1.807) is 0 Å². The van der Waals surface area contributed by atoms with Gasteiger partial charge in [-0.05, 0) is 37.0 Å². The first-order valence-electron chi connectivity index (χ1n) is 6.87. The van der Waals surface area contributed by atoms with Crippen LogP contribution in [0.15, 0.2) is 0 Å². The van der Waals surface area contributed by atoms with Crippen molar-refractivity contribution in [1.29, 1.82) is 0 Å². The third-order valence-corrected chi connectivity index (χ3v) is 4.76. The Morgan fingerprint density at radius 1 is 1.12 bits per heavy atom. The molecule has 2 nitrogen and oxygen atoms in total. The first kappa shape index (κ1) is 11.0. The maximum absolute atomic E-state index is 6.09. The third-order valence-electron chi connectivity index (χ3n) is 4.76. The summed E-state index contributed by atoms with van der Waals surface area (Å²) in [6.45, 7) is 10.6. The first-order valence-corrected chi connectivity index (χ1v) is 6.87. The maximum atomic E-state index is 6.09. The summed E-state index contributed by atoms with van der Waals surface area (Å²) in [6, 6.07) is 0.921. The van der Waals surface area contributed by atoms with Crippen LogP contribution in [0, 0.1) is 11.3 Å². The van der Waals surface area contributed by atoms with E-state index in [4.69, 9.17) is 4.74 Å². The number of nitrogens with zero attached hydrogens (tertiary/aromatic N) is 1. The molecule has 0 unspecified atom stereocenters. The molecule has 16 heavy (non-hydrogen) atoms. The van der Waals surface area contributed by atoms with Crippen LogP contribution in [-0.4, -0.2) is 36.2 Å². The standard InChI is InChI=1S/C14H25NO/c1-13(2,3)11-6-7-16-14(8-11)9-15(10-14)12-4-5-12/h11-12H,4-10H2,1-3H3/t11-/m1/s1. The average Bonchev–Trinajstić information content (AvgIpc) is 2.96. The molecule has 92 valence electrons. The van der Waals surface area contributed by atoms with Gasteiger partial charge in [-0.25, -0.2) is 0 Å². The van der Waals surface area contributed by atoms with Crippen LogP contribution in [0.2, 0.25) is 0 Å². The van der Waals surface area contributed by atoms with Gasteiger partial charge < -0.3 is 4.74 Å². The number of rotatable bonds is 1. The largest absolute Gasteiger partial charge is 0.372 e. The van der Waals surface area contributed by atoms with Gasteiger partial charge in [0.05, 0.1) is 5.60 Å². The number of likely N-dealkylation sites (tertiary alicyclic amines) is 1. The monoisotopic (exact) mass is 223 g/mol. The minimum absolute atomic E-state index is 0.249. The summed E-state index contributed by atoms with van der Waals surface area (Å²) >= 11 is 0. The zero-order valence-electron chi connectivity index (χ0n) is 11.0. The third kappa shape index (κ3) is 1.91. The molecule has 0 radical (unpaired) electrons. The molecule has 3 fully saturated rings. The molecular weight excluding hydrogens is 198 g/mol. The Balaban J connectivity index is 1.60. The van der Waals surface area contributed by atoms with Crippen LogP contribution in [0.4, 0.5) is 0 Å². The summed E-state index contributed by atoms with van der Waals surface area (Å²) in [7, 11) is 0. The van der Waals surface area contributed by atoms with Crippen molar-refractivity contribution >= 4 is 0 Å². The Morgan fingerprint density at radius 2 is 1.81 bits per heavy atom. The lowest BCUT2D eigenvalue weighted by Gasteiger charge is -2.55. The fourth-order valence-corrected chi connectivity index (χ4v) is 3.38. The fourth-order valence-electron chi connectivity index (χ4n) is 3.38. The molecule has 1 saturated carbocycles. The van der Waals surface area contributed by atoms with Gasteiger partial charge in [-0.1, -0.05) is 20.8 Å². The number of hydrogen-bond donors (Lipinski definition) is 0. The summed E-state index contributed by atoms with van der Waals surface area (Å²) in [5.74, 6) is 0.850. The lowest BCUT2D eigenvalue weighted by molar-refractivity contribution is -0.190. The SMILES string of the molecule is CC(C)(C)[C@@H]1CCOC2(C1)CN(C1CC1)C2. The van der Waals surface area contributed by atoms with E-state index in [0.717, 1.165) is 18.6 Å². The minimum atomic E-state index is 0.249. The van der Waals surface area contributed by atoms with Crippen LogP contribution in [0.25, 0.3) is 0 Å². The van der Waals surface area contributed by atoms with E-state index in [1.807, 2.05) is 0 Å². The molecule has 0 aromatic rings. The van der Waals surface area contributed by atoms with Crippen molar-refractivity contribution in [2.75, 3.05) is 19.7 Å². The van der Waals surface area contributed by atoms with Crippen LogP contribution in [-0.2, 0) is 4.74 Å². The van der Waals surface area contributed by atoms with E-state index in [-0.39, 0.29) is 5.60 Å². The first-order chi connectivity index (χ1) is 7.49. The maximum Gasteiger partial charge on any atom is 0.0937 e. The Bertz CT molecular complexity index is 271. The second-order valence-corrected chi connectivity index (χ2v) is 7.22. The number of ether oxygens (including phenoxy) is 1. The minimum Gasteiger partial charge on any atom is -0.372 e. The van der Waals surface area contributed by atoms with Crippen molar-refractivity contribution in [3.63, 3.8) is 0 Å². The molecule has 0 amide bonds. The van der Waals surface area contributed by atoms with Crippen molar-refractivity contribution in [3.8, 4) is 0 Å².